The smallest absolute Gasteiger partial charge is 0.239 e. The van der Waals surface area contributed by atoms with E-state index in [2.05, 4.69) is 11.8 Å². The van der Waals surface area contributed by atoms with Crippen molar-refractivity contribution in [3.8, 4) is 0 Å². The minimum atomic E-state index is -0.348. The zero-order chi connectivity index (χ0) is 13.4. The highest BCUT2D eigenvalue weighted by atomic mass is 16.2. The Morgan fingerprint density at radius 2 is 1.82 bits per heavy atom. The van der Waals surface area contributed by atoms with E-state index in [4.69, 9.17) is 5.73 Å². The maximum atomic E-state index is 12.1. The van der Waals surface area contributed by atoms with E-state index in [0.717, 1.165) is 32.5 Å². The predicted molar refractivity (Wildman–Crippen MR) is 72.9 cm³/mol. The monoisotopic (exact) mass is 243 g/mol. The van der Waals surface area contributed by atoms with Crippen LogP contribution in [0.1, 0.15) is 33.6 Å². The van der Waals surface area contributed by atoms with Crippen LogP contribution >= 0.6 is 0 Å². The van der Waals surface area contributed by atoms with E-state index in [1.165, 1.54) is 0 Å². The molecule has 0 bridgehead atoms. The van der Waals surface area contributed by atoms with Crippen LogP contribution in [-0.4, -0.2) is 55.5 Å². The Labute approximate surface area is 106 Å². The summed E-state index contributed by atoms with van der Waals surface area (Å²) in [6.07, 6.45) is 1.95. The molecular weight excluding hydrogens is 214 g/mol. The van der Waals surface area contributed by atoms with E-state index in [9.17, 15) is 4.79 Å². The number of carbonyl (C=O) groups excluding carboxylic acids is 1. The van der Waals surface area contributed by atoms with Crippen molar-refractivity contribution in [2.24, 2.45) is 11.7 Å². The molecule has 1 amide bonds. The second-order valence-corrected chi connectivity index (χ2v) is 4.99. The van der Waals surface area contributed by atoms with E-state index in [1.807, 2.05) is 32.8 Å². The molecule has 0 aliphatic carbocycles. The lowest BCUT2D eigenvalue weighted by atomic mass is 9.99. The fourth-order valence-electron chi connectivity index (χ4n) is 1.71. The quantitative estimate of drug-likeness (QED) is 0.696. The Hall–Kier alpha value is -0.610. The van der Waals surface area contributed by atoms with Crippen molar-refractivity contribution in [1.29, 1.82) is 0 Å². The van der Waals surface area contributed by atoms with Crippen molar-refractivity contribution in [1.82, 2.24) is 9.80 Å². The lowest BCUT2D eigenvalue weighted by Gasteiger charge is -2.27. The minimum Gasteiger partial charge on any atom is -0.342 e. The first kappa shape index (κ1) is 16.4. The van der Waals surface area contributed by atoms with Gasteiger partial charge in [0.15, 0.2) is 0 Å². The molecule has 102 valence electrons. The van der Waals surface area contributed by atoms with Crippen molar-refractivity contribution in [2.45, 2.75) is 39.7 Å². The van der Waals surface area contributed by atoms with Gasteiger partial charge in [-0.25, -0.2) is 0 Å². The highest BCUT2D eigenvalue weighted by Crippen LogP contribution is 2.08. The normalized spacial score (nSPS) is 14.8. The molecule has 0 heterocycles. The van der Waals surface area contributed by atoms with Gasteiger partial charge < -0.3 is 15.5 Å². The SMILES string of the molecule is CC[C@H](C)[C@H](N)C(=O)N(CC)CCCN(C)C. The molecule has 17 heavy (non-hydrogen) atoms. The number of hydrogen-bond donors (Lipinski definition) is 1. The van der Waals surface area contributed by atoms with Crippen LogP contribution in [0.2, 0.25) is 0 Å². The maximum Gasteiger partial charge on any atom is 0.239 e. The molecule has 0 rings (SSSR count). The van der Waals surface area contributed by atoms with E-state index < -0.39 is 0 Å². The first-order chi connectivity index (χ1) is 7.93. The average Bonchev–Trinajstić information content (AvgIpc) is 2.31. The Morgan fingerprint density at radius 1 is 1.24 bits per heavy atom. The fourth-order valence-corrected chi connectivity index (χ4v) is 1.71. The molecule has 0 aliphatic rings. The molecule has 0 saturated heterocycles. The zero-order valence-electron chi connectivity index (χ0n) is 12.1. The molecular formula is C13H29N3O. The van der Waals surface area contributed by atoms with Crippen LogP contribution in [0.25, 0.3) is 0 Å². The molecule has 0 aromatic heterocycles. The highest BCUT2D eigenvalue weighted by molar-refractivity contribution is 5.81. The van der Waals surface area contributed by atoms with Gasteiger partial charge >= 0.3 is 0 Å². The van der Waals surface area contributed by atoms with Crippen LogP contribution < -0.4 is 5.73 Å². The second-order valence-electron chi connectivity index (χ2n) is 4.99. The Morgan fingerprint density at radius 3 is 2.24 bits per heavy atom. The summed E-state index contributed by atoms with van der Waals surface area (Å²) in [7, 11) is 4.09. The van der Waals surface area contributed by atoms with Gasteiger partial charge in [0.25, 0.3) is 0 Å². The molecule has 0 aromatic carbocycles. The molecule has 2 atom stereocenters. The number of nitrogens with two attached hydrogens (primary N) is 1. The van der Waals surface area contributed by atoms with Crippen molar-refractivity contribution >= 4 is 5.91 Å². The third-order valence-electron chi connectivity index (χ3n) is 3.27. The molecule has 0 spiro atoms. The summed E-state index contributed by atoms with van der Waals surface area (Å²) in [6, 6.07) is -0.348. The van der Waals surface area contributed by atoms with Crippen LogP contribution in [0.3, 0.4) is 0 Å². The summed E-state index contributed by atoms with van der Waals surface area (Å²) in [4.78, 5) is 16.1. The van der Waals surface area contributed by atoms with Gasteiger partial charge in [-0.15, -0.1) is 0 Å². The van der Waals surface area contributed by atoms with Crippen LogP contribution in [0, 0.1) is 5.92 Å². The fraction of sp³-hybridized carbons (Fsp3) is 0.923. The molecule has 4 heteroatoms. The third-order valence-corrected chi connectivity index (χ3v) is 3.27. The summed E-state index contributed by atoms with van der Waals surface area (Å²) in [5.74, 6) is 0.353. The lowest BCUT2D eigenvalue weighted by molar-refractivity contribution is -0.133. The first-order valence-electron chi connectivity index (χ1n) is 6.63. The minimum absolute atomic E-state index is 0.0978. The Kier molecular flexibility index (Phi) is 8.17. The van der Waals surface area contributed by atoms with Gasteiger partial charge in [-0.1, -0.05) is 20.3 Å². The number of likely N-dealkylation sites (N-methyl/N-ethyl adjacent to an activating group) is 1. The molecule has 0 unspecified atom stereocenters. The van der Waals surface area contributed by atoms with Crippen LogP contribution in [0.15, 0.2) is 0 Å². The summed E-state index contributed by atoms with van der Waals surface area (Å²) in [6.45, 7) is 8.67. The zero-order valence-corrected chi connectivity index (χ0v) is 12.1. The Bertz CT molecular complexity index is 219. The molecule has 2 N–H and O–H groups in total. The van der Waals surface area contributed by atoms with Gasteiger partial charge in [-0.3, -0.25) is 4.79 Å². The van der Waals surface area contributed by atoms with E-state index >= 15 is 0 Å². The highest BCUT2D eigenvalue weighted by Gasteiger charge is 2.23. The van der Waals surface area contributed by atoms with Crippen molar-refractivity contribution in [2.75, 3.05) is 33.7 Å². The van der Waals surface area contributed by atoms with Gasteiger partial charge in [-0.05, 0) is 39.9 Å². The second kappa shape index (κ2) is 8.48. The number of rotatable bonds is 8. The molecule has 0 aliphatic heterocycles. The van der Waals surface area contributed by atoms with E-state index in [-0.39, 0.29) is 17.9 Å². The van der Waals surface area contributed by atoms with Crippen LogP contribution in [-0.2, 0) is 4.79 Å². The largest absolute Gasteiger partial charge is 0.342 e. The Balaban J connectivity index is 4.20. The lowest BCUT2D eigenvalue weighted by Crippen LogP contribution is -2.47. The molecule has 0 saturated carbocycles. The standard InChI is InChI=1S/C13H29N3O/c1-6-11(3)12(14)13(17)16(7-2)10-8-9-15(4)5/h11-12H,6-10,14H2,1-5H3/t11-,12-/m0/s1. The molecule has 0 fully saturated rings. The number of nitrogens with zero attached hydrogens (tertiary/aromatic N) is 2. The van der Waals surface area contributed by atoms with Gasteiger partial charge in [0.1, 0.15) is 0 Å². The maximum absolute atomic E-state index is 12.1. The van der Waals surface area contributed by atoms with Crippen LogP contribution in [0.4, 0.5) is 0 Å². The van der Waals surface area contributed by atoms with Gasteiger partial charge in [0.05, 0.1) is 6.04 Å². The summed E-state index contributed by atoms with van der Waals surface area (Å²) >= 11 is 0. The first-order valence-corrected chi connectivity index (χ1v) is 6.63. The van der Waals surface area contributed by atoms with Gasteiger partial charge in [-0.2, -0.15) is 0 Å². The van der Waals surface area contributed by atoms with Gasteiger partial charge in [0.2, 0.25) is 5.91 Å². The summed E-state index contributed by atoms with van der Waals surface area (Å²) in [5, 5.41) is 0. The van der Waals surface area contributed by atoms with Crippen molar-refractivity contribution in [3.05, 3.63) is 0 Å². The number of amides is 1. The van der Waals surface area contributed by atoms with E-state index in [0.29, 0.717) is 0 Å². The summed E-state index contributed by atoms with van der Waals surface area (Å²) < 4.78 is 0. The number of carbonyl (C=O) groups is 1. The third kappa shape index (κ3) is 6.03. The van der Waals surface area contributed by atoms with E-state index in [1.54, 1.807) is 0 Å². The summed E-state index contributed by atoms with van der Waals surface area (Å²) in [5.41, 5.74) is 5.98. The van der Waals surface area contributed by atoms with Gasteiger partial charge in [0, 0.05) is 13.1 Å². The average molecular weight is 243 g/mol. The van der Waals surface area contributed by atoms with Crippen LogP contribution in [0.5, 0.6) is 0 Å². The number of hydrogen-bond acceptors (Lipinski definition) is 3. The molecule has 4 nitrogen and oxygen atoms in total. The topological polar surface area (TPSA) is 49.6 Å². The van der Waals surface area contributed by atoms with Crippen molar-refractivity contribution in [3.63, 3.8) is 0 Å². The molecule has 0 aromatic rings. The predicted octanol–water partition coefficient (Wildman–Crippen LogP) is 1.16. The molecule has 0 radical (unpaired) electrons. The van der Waals surface area contributed by atoms with Crippen molar-refractivity contribution < 1.29 is 4.79 Å².